The van der Waals surface area contributed by atoms with Crippen LogP contribution in [-0.4, -0.2) is 5.78 Å². The van der Waals surface area contributed by atoms with E-state index in [1.54, 1.807) is 6.92 Å². The molecule has 0 aliphatic heterocycles. The summed E-state index contributed by atoms with van der Waals surface area (Å²) >= 11 is 0. The maximum Gasteiger partial charge on any atom is 0.132 e. The number of Topliss-reactive ketones (excluding diaryl/α,β-unsaturated/α-hetero) is 1. The molecule has 0 N–H and O–H groups in total. The molecule has 0 bridgehead atoms. The van der Waals surface area contributed by atoms with Crippen molar-refractivity contribution in [3.05, 3.63) is 12.2 Å². The lowest BCUT2D eigenvalue weighted by atomic mass is 10.00. The Hall–Kier alpha value is -0.590. The summed E-state index contributed by atoms with van der Waals surface area (Å²) in [6.07, 6.45) is 0.829. The van der Waals surface area contributed by atoms with Crippen LogP contribution in [0.25, 0.3) is 0 Å². The lowest BCUT2D eigenvalue weighted by Gasteiger charge is -2.04. The highest BCUT2D eigenvalue weighted by Gasteiger charge is 2.05. The second-order valence-electron chi connectivity index (χ2n) is 2.67. The van der Waals surface area contributed by atoms with E-state index in [0.29, 0.717) is 0 Å². The van der Waals surface area contributed by atoms with E-state index in [4.69, 9.17) is 0 Å². The Morgan fingerprint density at radius 2 is 2.00 bits per heavy atom. The Bertz CT molecular complexity index is 125. The molecule has 0 aliphatic rings. The van der Waals surface area contributed by atoms with Gasteiger partial charge in [-0.15, -0.1) is 6.58 Å². The summed E-state index contributed by atoms with van der Waals surface area (Å²) in [4.78, 5) is 10.6. The van der Waals surface area contributed by atoms with E-state index in [2.05, 4.69) is 6.58 Å². The van der Waals surface area contributed by atoms with Crippen LogP contribution >= 0.6 is 0 Å². The lowest BCUT2D eigenvalue weighted by Crippen LogP contribution is -2.05. The van der Waals surface area contributed by atoms with E-state index < -0.39 is 0 Å². The number of hydrogen-bond acceptors (Lipinski definition) is 1. The molecule has 0 aromatic rings. The van der Waals surface area contributed by atoms with Crippen LogP contribution in [0.15, 0.2) is 12.2 Å². The van der Waals surface area contributed by atoms with Crippen molar-refractivity contribution in [2.24, 2.45) is 5.92 Å². The van der Waals surface area contributed by atoms with Crippen LogP contribution in [0.5, 0.6) is 0 Å². The molecule has 0 saturated heterocycles. The molecule has 0 aromatic carbocycles. The second-order valence-corrected chi connectivity index (χ2v) is 2.67. The number of allylic oxidation sites excluding steroid dienone is 1. The van der Waals surface area contributed by atoms with E-state index in [9.17, 15) is 4.79 Å². The molecule has 0 saturated carbocycles. The van der Waals surface area contributed by atoms with Gasteiger partial charge in [-0.25, -0.2) is 0 Å². The van der Waals surface area contributed by atoms with Gasteiger partial charge in [-0.3, -0.25) is 4.79 Å². The fourth-order valence-corrected chi connectivity index (χ4v) is 0.666. The maximum atomic E-state index is 10.6. The molecule has 0 rings (SSSR count). The van der Waals surface area contributed by atoms with E-state index in [-0.39, 0.29) is 11.7 Å². The number of carbonyl (C=O) groups is 1. The van der Waals surface area contributed by atoms with Crippen molar-refractivity contribution < 1.29 is 4.79 Å². The Labute approximate surface area is 56.8 Å². The normalized spacial score (nSPS) is 12.8. The maximum absolute atomic E-state index is 10.6. The first-order valence-corrected chi connectivity index (χ1v) is 3.19. The first-order valence-electron chi connectivity index (χ1n) is 3.19. The number of hydrogen-bond donors (Lipinski definition) is 0. The van der Waals surface area contributed by atoms with Gasteiger partial charge in [-0.1, -0.05) is 12.5 Å². The summed E-state index contributed by atoms with van der Waals surface area (Å²) in [5.74, 6) is 0.403. The van der Waals surface area contributed by atoms with Crippen LogP contribution in [0.2, 0.25) is 0 Å². The van der Waals surface area contributed by atoms with Crippen LogP contribution in [0.1, 0.15) is 27.2 Å². The Morgan fingerprint density at radius 3 is 2.11 bits per heavy atom. The van der Waals surface area contributed by atoms with E-state index in [0.717, 1.165) is 12.0 Å². The van der Waals surface area contributed by atoms with Crippen LogP contribution in [-0.2, 0) is 4.79 Å². The molecule has 0 spiro atoms. The fraction of sp³-hybridized carbons (Fsp3) is 0.625. The molecule has 0 fully saturated rings. The van der Waals surface area contributed by atoms with Crippen LogP contribution in [0, 0.1) is 5.92 Å². The minimum atomic E-state index is 0.155. The van der Waals surface area contributed by atoms with Gasteiger partial charge in [0.2, 0.25) is 0 Å². The van der Waals surface area contributed by atoms with Crippen LogP contribution < -0.4 is 0 Å². The fourth-order valence-electron chi connectivity index (χ4n) is 0.666. The molecule has 0 amide bonds. The molecule has 1 atom stereocenters. The summed E-state index contributed by atoms with van der Waals surface area (Å²) in [5.41, 5.74) is 1.08. The van der Waals surface area contributed by atoms with Crippen molar-refractivity contribution in [3.63, 3.8) is 0 Å². The third kappa shape index (κ3) is 3.95. The van der Waals surface area contributed by atoms with E-state index in [1.807, 2.05) is 13.8 Å². The van der Waals surface area contributed by atoms with Gasteiger partial charge in [0.15, 0.2) is 0 Å². The second kappa shape index (κ2) is 3.44. The monoisotopic (exact) mass is 126 g/mol. The molecular weight excluding hydrogens is 112 g/mol. The average molecular weight is 126 g/mol. The largest absolute Gasteiger partial charge is 0.300 e. The number of carbonyl (C=O) groups excluding carboxylic acids is 1. The standard InChI is InChI=1S/C8H14O/c1-6(2)5-7(3)8(4)9/h7H,1,5H2,2-4H3. The van der Waals surface area contributed by atoms with Crippen molar-refractivity contribution in [3.8, 4) is 0 Å². The quantitative estimate of drug-likeness (QED) is 0.530. The number of rotatable bonds is 3. The predicted octanol–water partition coefficient (Wildman–Crippen LogP) is 2.18. The Balaban J connectivity index is 3.63. The third-order valence-electron chi connectivity index (χ3n) is 1.35. The van der Waals surface area contributed by atoms with Gasteiger partial charge in [-0.2, -0.15) is 0 Å². The summed E-state index contributed by atoms with van der Waals surface area (Å²) in [7, 11) is 0. The lowest BCUT2D eigenvalue weighted by molar-refractivity contribution is -0.120. The summed E-state index contributed by atoms with van der Waals surface area (Å²) in [6, 6.07) is 0. The first kappa shape index (κ1) is 8.41. The molecule has 1 heteroatoms. The molecule has 1 unspecified atom stereocenters. The van der Waals surface area contributed by atoms with E-state index in [1.165, 1.54) is 0 Å². The molecule has 0 heterocycles. The van der Waals surface area contributed by atoms with Gasteiger partial charge in [-0.05, 0) is 20.3 Å². The zero-order valence-electron chi connectivity index (χ0n) is 6.40. The van der Waals surface area contributed by atoms with Crippen molar-refractivity contribution in [1.82, 2.24) is 0 Å². The van der Waals surface area contributed by atoms with Gasteiger partial charge in [0.05, 0.1) is 0 Å². The predicted molar refractivity (Wildman–Crippen MR) is 39.3 cm³/mol. The van der Waals surface area contributed by atoms with Crippen LogP contribution in [0.4, 0.5) is 0 Å². The molecule has 9 heavy (non-hydrogen) atoms. The highest BCUT2D eigenvalue weighted by atomic mass is 16.1. The summed E-state index contributed by atoms with van der Waals surface area (Å²) < 4.78 is 0. The molecule has 0 aromatic heterocycles. The van der Waals surface area contributed by atoms with Crippen molar-refractivity contribution in [1.29, 1.82) is 0 Å². The van der Waals surface area contributed by atoms with Gasteiger partial charge in [0.25, 0.3) is 0 Å². The van der Waals surface area contributed by atoms with Crippen molar-refractivity contribution in [2.45, 2.75) is 27.2 Å². The van der Waals surface area contributed by atoms with Gasteiger partial charge in [0, 0.05) is 5.92 Å². The van der Waals surface area contributed by atoms with Gasteiger partial charge in [0.1, 0.15) is 5.78 Å². The van der Waals surface area contributed by atoms with Crippen molar-refractivity contribution >= 4 is 5.78 Å². The zero-order valence-corrected chi connectivity index (χ0v) is 6.40. The highest BCUT2D eigenvalue weighted by molar-refractivity contribution is 5.78. The van der Waals surface area contributed by atoms with Gasteiger partial charge < -0.3 is 0 Å². The molecule has 52 valence electrons. The van der Waals surface area contributed by atoms with E-state index >= 15 is 0 Å². The Kier molecular flexibility index (Phi) is 3.21. The van der Waals surface area contributed by atoms with Crippen LogP contribution in [0.3, 0.4) is 0 Å². The number of ketones is 1. The van der Waals surface area contributed by atoms with Crippen molar-refractivity contribution in [2.75, 3.05) is 0 Å². The molecular formula is C8H14O. The molecule has 1 nitrogen and oxygen atoms in total. The average Bonchev–Trinajstić information content (AvgIpc) is 1.63. The topological polar surface area (TPSA) is 17.1 Å². The highest BCUT2D eigenvalue weighted by Crippen LogP contribution is 2.08. The zero-order chi connectivity index (χ0) is 7.44. The summed E-state index contributed by atoms with van der Waals surface area (Å²) in [5, 5.41) is 0. The SMILES string of the molecule is C=C(C)CC(C)C(C)=O. The Morgan fingerprint density at radius 1 is 1.56 bits per heavy atom. The minimum absolute atomic E-state index is 0.155. The summed E-state index contributed by atoms with van der Waals surface area (Å²) in [6.45, 7) is 9.22. The molecule has 0 radical (unpaired) electrons. The van der Waals surface area contributed by atoms with Gasteiger partial charge >= 0.3 is 0 Å². The first-order chi connectivity index (χ1) is 4.04. The molecule has 0 aliphatic carbocycles. The third-order valence-corrected chi connectivity index (χ3v) is 1.35. The minimum Gasteiger partial charge on any atom is -0.300 e. The smallest absolute Gasteiger partial charge is 0.132 e.